The number of amides is 2. The standard InChI is InChI=1S/C16H23N5O4/c1-20-9-6-17-14(23)16(20)4-7-21(8-5-16)13(22)11-10-12(24-2)19-15(18-11)25-3/h10H,4-9H2,1-3H3,(H,17,23). The summed E-state index contributed by atoms with van der Waals surface area (Å²) in [7, 11) is 4.87. The normalized spacial score (nSPS) is 20.3. The van der Waals surface area contributed by atoms with Crippen molar-refractivity contribution in [3.63, 3.8) is 0 Å². The molecule has 0 unspecified atom stereocenters. The lowest BCUT2D eigenvalue weighted by atomic mass is 9.83. The van der Waals surface area contributed by atoms with Gasteiger partial charge in [-0.25, -0.2) is 0 Å². The fourth-order valence-corrected chi connectivity index (χ4v) is 3.45. The van der Waals surface area contributed by atoms with E-state index in [0.717, 1.165) is 6.54 Å². The van der Waals surface area contributed by atoms with Crippen molar-refractivity contribution in [2.45, 2.75) is 18.4 Å². The van der Waals surface area contributed by atoms with Crippen molar-refractivity contribution < 1.29 is 19.1 Å². The highest BCUT2D eigenvalue weighted by atomic mass is 16.5. The molecule has 136 valence electrons. The Morgan fingerprint density at radius 3 is 2.52 bits per heavy atom. The third kappa shape index (κ3) is 3.11. The highest BCUT2D eigenvalue weighted by Crippen LogP contribution is 2.30. The molecule has 2 amide bonds. The van der Waals surface area contributed by atoms with E-state index in [9.17, 15) is 9.59 Å². The van der Waals surface area contributed by atoms with Gasteiger partial charge in [-0.3, -0.25) is 14.5 Å². The van der Waals surface area contributed by atoms with Crippen molar-refractivity contribution in [1.82, 2.24) is 25.1 Å². The van der Waals surface area contributed by atoms with Crippen LogP contribution in [0.15, 0.2) is 6.07 Å². The van der Waals surface area contributed by atoms with Crippen LogP contribution in [0.5, 0.6) is 11.9 Å². The number of piperidine rings is 1. The summed E-state index contributed by atoms with van der Waals surface area (Å²) in [6.07, 6.45) is 1.20. The first kappa shape index (κ1) is 17.4. The molecule has 1 aromatic rings. The number of aromatic nitrogens is 2. The van der Waals surface area contributed by atoms with E-state index in [1.807, 2.05) is 7.05 Å². The van der Waals surface area contributed by atoms with Crippen molar-refractivity contribution in [3.8, 4) is 11.9 Å². The average Bonchev–Trinajstić information content (AvgIpc) is 2.65. The Morgan fingerprint density at radius 2 is 1.92 bits per heavy atom. The fourth-order valence-electron chi connectivity index (χ4n) is 3.45. The first-order valence-electron chi connectivity index (χ1n) is 8.26. The van der Waals surface area contributed by atoms with Gasteiger partial charge in [-0.15, -0.1) is 0 Å². The molecule has 2 aliphatic heterocycles. The van der Waals surface area contributed by atoms with Crippen LogP contribution in [0, 0.1) is 0 Å². The lowest BCUT2D eigenvalue weighted by Gasteiger charge is -2.48. The molecule has 0 aliphatic carbocycles. The molecule has 9 heteroatoms. The number of piperazine rings is 1. The molecule has 25 heavy (non-hydrogen) atoms. The van der Waals surface area contributed by atoms with E-state index in [1.165, 1.54) is 20.3 Å². The number of carbonyl (C=O) groups excluding carboxylic acids is 2. The van der Waals surface area contributed by atoms with E-state index in [4.69, 9.17) is 9.47 Å². The molecule has 2 fully saturated rings. The molecule has 0 atom stereocenters. The topological polar surface area (TPSA) is 96.9 Å². The van der Waals surface area contributed by atoms with Crippen LogP contribution >= 0.6 is 0 Å². The zero-order valence-electron chi connectivity index (χ0n) is 14.7. The maximum atomic E-state index is 12.8. The van der Waals surface area contributed by atoms with E-state index >= 15 is 0 Å². The molecule has 0 bridgehead atoms. The maximum Gasteiger partial charge on any atom is 0.320 e. The number of methoxy groups -OCH3 is 2. The smallest absolute Gasteiger partial charge is 0.320 e. The van der Waals surface area contributed by atoms with Gasteiger partial charge < -0.3 is 19.7 Å². The zero-order valence-corrected chi connectivity index (χ0v) is 14.7. The monoisotopic (exact) mass is 349 g/mol. The molecule has 3 rings (SSSR count). The van der Waals surface area contributed by atoms with Crippen LogP contribution in [0.1, 0.15) is 23.3 Å². The second kappa shape index (κ2) is 6.83. The van der Waals surface area contributed by atoms with Gasteiger partial charge in [0, 0.05) is 32.2 Å². The third-order valence-electron chi connectivity index (χ3n) is 5.06. The van der Waals surface area contributed by atoms with Crippen LogP contribution in [-0.4, -0.2) is 84.6 Å². The minimum Gasteiger partial charge on any atom is -0.481 e. The summed E-state index contributed by atoms with van der Waals surface area (Å²) in [5, 5.41) is 2.94. The number of nitrogens with zero attached hydrogens (tertiary/aromatic N) is 4. The van der Waals surface area contributed by atoms with E-state index in [-0.39, 0.29) is 29.4 Å². The van der Waals surface area contributed by atoms with Crippen LogP contribution in [-0.2, 0) is 4.79 Å². The SMILES string of the molecule is COc1cc(C(=O)N2CCC3(CC2)C(=O)NCCN3C)nc(OC)n1. The van der Waals surface area contributed by atoms with Crippen molar-refractivity contribution >= 4 is 11.8 Å². The summed E-state index contributed by atoms with van der Waals surface area (Å²) < 4.78 is 10.1. The van der Waals surface area contributed by atoms with Gasteiger partial charge in [-0.2, -0.15) is 9.97 Å². The summed E-state index contributed by atoms with van der Waals surface area (Å²) in [5.41, 5.74) is -0.295. The molecule has 2 saturated heterocycles. The first-order chi connectivity index (χ1) is 12.0. The number of nitrogens with one attached hydrogen (secondary N) is 1. The Kier molecular flexibility index (Phi) is 4.76. The molecule has 9 nitrogen and oxygen atoms in total. The Hall–Kier alpha value is -2.42. The van der Waals surface area contributed by atoms with Gasteiger partial charge in [0.15, 0.2) is 0 Å². The largest absolute Gasteiger partial charge is 0.481 e. The first-order valence-corrected chi connectivity index (χ1v) is 8.26. The molecule has 3 heterocycles. The summed E-state index contributed by atoms with van der Waals surface area (Å²) in [6.45, 7) is 2.47. The third-order valence-corrected chi connectivity index (χ3v) is 5.06. The molecule has 1 aromatic heterocycles. The minimum atomic E-state index is -0.518. The van der Waals surface area contributed by atoms with Crippen LogP contribution in [0.3, 0.4) is 0 Å². The number of likely N-dealkylation sites (N-methyl/N-ethyl adjacent to an activating group) is 1. The summed E-state index contributed by atoms with van der Waals surface area (Å²) in [5.74, 6) is 0.113. The van der Waals surface area contributed by atoms with Gasteiger partial charge >= 0.3 is 6.01 Å². The van der Waals surface area contributed by atoms with Gasteiger partial charge in [0.05, 0.1) is 14.2 Å². The number of carbonyl (C=O) groups is 2. The van der Waals surface area contributed by atoms with Crippen molar-refractivity contribution in [1.29, 1.82) is 0 Å². The zero-order chi connectivity index (χ0) is 18.0. The van der Waals surface area contributed by atoms with Crippen LogP contribution in [0.4, 0.5) is 0 Å². The predicted molar refractivity (Wildman–Crippen MR) is 88.6 cm³/mol. The maximum absolute atomic E-state index is 12.8. The minimum absolute atomic E-state index is 0.0544. The van der Waals surface area contributed by atoms with Crippen LogP contribution < -0.4 is 14.8 Å². The summed E-state index contributed by atoms with van der Waals surface area (Å²) >= 11 is 0. The lowest BCUT2D eigenvalue weighted by Crippen LogP contribution is -2.67. The van der Waals surface area contributed by atoms with Crippen molar-refractivity contribution in [2.75, 3.05) is 47.4 Å². The van der Waals surface area contributed by atoms with E-state index in [2.05, 4.69) is 20.2 Å². The van der Waals surface area contributed by atoms with Crippen LogP contribution in [0.25, 0.3) is 0 Å². The number of rotatable bonds is 3. The Bertz CT molecular complexity index is 650. The highest BCUT2D eigenvalue weighted by Gasteiger charge is 2.47. The quantitative estimate of drug-likeness (QED) is 0.788. The molecule has 1 N–H and O–H groups in total. The fraction of sp³-hybridized carbons (Fsp3) is 0.625. The molecule has 1 spiro atoms. The van der Waals surface area contributed by atoms with E-state index < -0.39 is 5.54 Å². The molecule has 0 aromatic carbocycles. The Morgan fingerprint density at radius 1 is 1.20 bits per heavy atom. The van der Waals surface area contributed by atoms with Gasteiger partial charge in [-0.05, 0) is 19.9 Å². The second-order valence-corrected chi connectivity index (χ2v) is 6.28. The van der Waals surface area contributed by atoms with Gasteiger partial charge in [-0.1, -0.05) is 0 Å². The highest BCUT2D eigenvalue weighted by molar-refractivity contribution is 5.93. The molecular weight excluding hydrogens is 326 g/mol. The molecule has 2 aliphatic rings. The van der Waals surface area contributed by atoms with Gasteiger partial charge in [0.1, 0.15) is 11.2 Å². The molecular formula is C16H23N5O4. The summed E-state index contributed by atoms with van der Waals surface area (Å²) in [4.78, 5) is 37.1. The van der Waals surface area contributed by atoms with Gasteiger partial charge in [0.25, 0.3) is 5.91 Å². The summed E-state index contributed by atoms with van der Waals surface area (Å²) in [6, 6.07) is 1.58. The number of hydrogen-bond donors (Lipinski definition) is 1. The molecule has 0 saturated carbocycles. The van der Waals surface area contributed by atoms with E-state index in [1.54, 1.807) is 4.90 Å². The lowest BCUT2D eigenvalue weighted by molar-refractivity contribution is -0.139. The second-order valence-electron chi connectivity index (χ2n) is 6.28. The number of likely N-dealkylation sites (tertiary alicyclic amines) is 1. The molecule has 0 radical (unpaired) electrons. The van der Waals surface area contributed by atoms with Gasteiger partial charge in [0.2, 0.25) is 11.8 Å². The van der Waals surface area contributed by atoms with Crippen molar-refractivity contribution in [3.05, 3.63) is 11.8 Å². The number of hydrogen-bond acceptors (Lipinski definition) is 7. The van der Waals surface area contributed by atoms with E-state index in [0.29, 0.717) is 32.5 Å². The number of ether oxygens (including phenoxy) is 2. The Balaban J connectivity index is 1.74. The Labute approximate surface area is 146 Å². The van der Waals surface area contributed by atoms with Crippen LogP contribution in [0.2, 0.25) is 0 Å². The average molecular weight is 349 g/mol. The predicted octanol–water partition coefficient (Wildman–Crippen LogP) is -0.470. The van der Waals surface area contributed by atoms with Crippen molar-refractivity contribution in [2.24, 2.45) is 0 Å².